The van der Waals surface area contributed by atoms with Crippen molar-refractivity contribution in [2.75, 3.05) is 20.2 Å². The van der Waals surface area contributed by atoms with Gasteiger partial charge in [-0.1, -0.05) is 58.2 Å². The Morgan fingerprint density at radius 3 is 2.36 bits per heavy atom. The summed E-state index contributed by atoms with van der Waals surface area (Å²) in [6, 6.07) is 1.08. The van der Waals surface area contributed by atoms with Crippen molar-refractivity contribution in [1.82, 2.24) is 4.90 Å². The second kappa shape index (κ2) is 9.56. The molecule has 5 heteroatoms. The quantitative estimate of drug-likeness (QED) is 0.566. The Hall–Kier alpha value is -0.553. The number of nitrogens with zero attached hydrogens (tertiary/aromatic N) is 1. The summed E-state index contributed by atoms with van der Waals surface area (Å²) in [7, 11) is 0.650. The number of carbonyl (C=O) groups is 1. The fraction of sp³-hybridized carbons (Fsp3) is 0.941. The fourth-order valence-electron chi connectivity index (χ4n) is 3.08. The van der Waals surface area contributed by atoms with E-state index in [9.17, 15) is 4.79 Å². The second-order valence-electron chi connectivity index (χ2n) is 8.16. The van der Waals surface area contributed by atoms with Crippen LogP contribution in [0.2, 0.25) is 25.7 Å². The molecule has 2 N–H and O–H groups in total. The highest BCUT2D eigenvalue weighted by Crippen LogP contribution is 2.26. The van der Waals surface area contributed by atoms with Crippen LogP contribution in [0.5, 0.6) is 0 Å². The highest BCUT2D eigenvalue weighted by molar-refractivity contribution is 6.76. The van der Waals surface area contributed by atoms with Gasteiger partial charge in [0.1, 0.15) is 0 Å². The minimum absolute atomic E-state index is 0.0673. The van der Waals surface area contributed by atoms with Gasteiger partial charge in [-0.2, -0.15) is 0 Å². The third-order valence-corrected chi connectivity index (χ3v) is 6.21. The monoisotopic (exact) mass is 328 g/mol. The lowest BCUT2D eigenvalue weighted by atomic mass is 9.93. The summed E-state index contributed by atoms with van der Waals surface area (Å²) < 4.78 is 5.36. The number of hydrogen-bond acceptors (Lipinski definition) is 3. The lowest BCUT2D eigenvalue weighted by molar-refractivity contribution is 0.112. The van der Waals surface area contributed by atoms with Gasteiger partial charge in [-0.15, -0.1) is 0 Å². The van der Waals surface area contributed by atoms with Gasteiger partial charge >= 0.3 is 6.09 Å². The Morgan fingerprint density at radius 1 is 1.23 bits per heavy atom. The molecule has 1 fully saturated rings. The van der Waals surface area contributed by atoms with Gasteiger partial charge in [0.05, 0.1) is 6.61 Å². The molecule has 1 atom stereocenters. The molecule has 0 heterocycles. The van der Waals surface area contributed by atoms with Crippen molar-refractivity contribution < 1.29 is 9.53 Å². The molecule has 0 saturated heterocycles. The zero-order valence-electron chi connectivity index (χ0n) is 15.1. The lowest BCUT2D eigenvalue weighted by Gasteiger charge is -2.25. The highest BCUT2D eigenvalue weighted by atomic mass is 28.3. The molecular formula is C17H36N2O2Si. The molecule has 130 valence electrons. The van der Waals surface area contributed by atoms with Crippen molar-refractivity contribution in [2.24, 2.45) is 11.7 Å². The van der Waals surface area contributed by atoms with E-state index in [-0.39, 0.29) is 12.1 Å². The van der Waals surface area contributed by atoms with E-state index in [4.69, 9.17) is 10.5 Å². The first-order valence-corrected chi connectivity index (χ1v) is 12.6. The maximum Gasteiger partial charge on any atom is 0.409 e. The first-order valence-electron chi connectivity index (χ1n) is 8.91. The minimum Gasteiger partial charge on any atom is -0.450 e. The van der Waals surface area contributed by atoms with Crippen LogP contribution in [-0.2, 0) is 4.74 Å². The van der Waals surface area contributed by atoms with Crippen LogP contribution < -0.4 is 5.73 Å². The molecule has 4 nitrogen and oxygen atoms in total. The Balaban J connectivity index is 2.24. The maximum absolute atomic E-state index is 12.0. The van der Waals surface area contributed by atoms with Crippen LogP contribution in [0.4, 0.5) is 4.79 Å². The second-order valence-corrected chi connectivity index (χ2v) is 13.8. The van der Waals surface area contributed by atoms with Crippen LogP contribution in [0.1, 0.15) is 44.9 Å². The number of carbonyl (C=O) groups excluding carboxylic acids is 1. The van der Waals surface area contributed by atoms with Gasteiger partial charge in [-0.25, -0.2) is 4.79 Å². The number of hydrogen-bond donors (Lipinski definition) is 1. The molecule has 0 aromatic rings. The molecule has 1 aliphatic rings. The third-order valence-electron chi connectivity index (χ3n) is 4.51. The van der Waals surface area contributed by atoms with Gasteiger partial charge < -0.3 is 15.4 Å². The number of likely N-dealkylation sites (N-methyl/N-ethyl adjacent to an activating group) is 1. The zero-order chi connectivity index (χ0) is 16.6. The molecule has 0 radical (unpaired) electrons. The van der Waals surface area contributed by atoms with Crippen molar-refractivity contribution in [3.8, 4) is 0 Å². The van der Waals surface area contributed by atoms with Crippen LogP contribution in [0.25, 0.3) is 0 Å². The predicted molar refractivity (Wildman–Crippen MR) is 95.9 cm³/mol. The standard InChI is InChI=1S/C17H36N2O2Si/c1-19(17(20)21-11-12-22(2,3)4)14-16(18)13-15-9-7-5-6-8-10-15/h15-16H,5-14,18H2,1-4H3/t16-/m0/s1. The average molecular weight is 329 g/mol. The summed E-state index contributed by atoms with van der Waals surface area (Å²) in [5, 5.41) is 0. The molecular weight excluding hydrogens is 292 g/mol. The van der Waals surface area contributed by atoms with Crippen molar-refractivity contribution >= 4 is 14.2 Å². The van der Waals surface area contributed by atoms with Crippen molar-refractivity contribution in [2.45, 2.75) is 76.7 Å². The van der Waals surface area contributed by atoms with Crippen molar-refractivity contribution in [1.29, 1.82) is 0 Å². The Morgan fingerprint density at radius 2 is 1.82 bits per heavy atom. The van der Waals surface area contributed by atoms with Gasteiger partial charge in [-0.05, 0) is 18.4 Å². The maximum atomic E-state index is 12.0. The lowest BCUT2D eigenvalue weighted by Crippen LogP contribution is -2.40. The minimum atomic E-state index is -1.15. The zero-order valence-corrected chi connectivity index (χ0v) is 16.1. The Kier molecular flexibility index (Phi) is 8.47. The van der Waals surface area contributed by atoms with Crippen LogP contribution in [0, 0.1) is 5.92 Å². The number of nitrogens with two attached hydrogens (primary N) is 1. The number of rotatable bonds is 7. The molecule has 0 spiro atoms. The molecule has 1 aliphatic carbocycles. The van der Waals surface area contributed by atoms with Gasteiger partial charge in [-0.3, -0.25) is 0 Å². The molecule has 0 aliphatic heterocycles. The summed E-state index contributed by atoms with van der Waals surface area (Å²) in [5.74, 6) is 0.744. The first-order chi connectivity index (χ1) is 10.3. The van der Waals surface area contributed by atoms with E-state index in [2.05, 4.69) is 19.6 Å². The highest BCUT2D eigenvalue weighted by Gasteiger charge is 2.20. The Bertz CT molecular complexity index is 323. The molecule has 22 heavy (non-hydrogen) atoms. The van der Waals surface area contributed by atoms with E-state index >= 15 is 0 Å². The summed E-state index contributed by atoms with van der Waals surface area (Å²) >= 11 is 0. The van der Waals surface area contributed by atoms with E-state index in [0.29, 0.717) is 13.2 Å². The molecule has 1 saturated carbocycles. The summed E-state index contributed by atoms with van der Waals surface area (Å²) in [4.78, 5) is 13.6. The van der Waals surface area contributed by atoms with Gasteiger partial charge in [0.2, 0.25) is 0 Å². The molecule has 0 unspecified atom stereocenters. The fourth-order valence-corrected chi connectivity index (χ4v) is 3.80. The Labute approximate surface area is 137 Å². The smallest absolute Gasteiger partial charge is 0.409 e. The molecule has 1 rings (SSSR count). The molecule has 0 aromatic heterocycles. The van der Waals surface area contributed by atoms with Crippen LogP contribution >= 0.6 is 0 Å². The van der Waals surface area contributed by atoms with E-state index in [0.717, 1.165) is 18.4 Å². The van der Waals surface area contributed by atoms with Gasteiger partial charge in [0.25, 0.3) is 0 Å². The predicted octanol–water partition coefficient (Wildman–Crippen LogP) is 4.08. The summed E-state index contributed by atoms with van der Waals surface area (Å²) in [6.45, 7) is 7.99. The van der Waals surface area contributed by atoms with Crippen LogP contribution in [0.15, 0.2) is 0 Å². The summed E-state index contributed by atoms with van der Waals surface area (Å²) in [6.07, 6.45) is 8.83. The van der Waals surface area contributed by atoms with Crippen LogP contribution in [-0.4, -0.2) is 45.3 Å². The number of ether oxygens (including phenoxy) is 1. The van der Waals surface area contributed by atoms with Gasteiger partial charge in [0, 0.05) is 27.7 Å². The molecule has 1 amide bonds. The topological polar surface area (TPSA) is 55.6 Å². The molecule has 0 bridgehead atoms. The first kappa shape index (κ1) is 19.5. The van der Waals surface area contributed by atoms with Crippen molar-refractivity contribution in [3.05, 3.63) is 0 Å². The van der Waals surface area contributed by atoms with E-state index in [1.165, 1.54) is 38.5 Å². The molecule has 0 aromatic carbocycles. The van der Waals surface area contributed by atoms with Crippen molar-refractivity contribution in [3.63, 3.8) is 0 Å². The van der Waals surface area contributed by atoms with Gasteiger partial charge in [0.15, 0.2) is 0 Å². The van der Waals surface area contributed by atoms with E-state index in [1.807, 2.05) is 0 Å². The largest absolute Gasteiger partial charge is 0.450 e. The van der Waals surface area contributed by atoms with E-state index < -0.39 is 8.07 Å². The average Bonchev–Trinajstić information content (AvgIpc) is 2.65. The third kappa shape index (κ3) is 8.78. The SMILES string of the molecule is CN(C[C@@H](N)CC1CCCCCC1)C(=O)OCC[Si](C)(C)C. The normalized spacial score (nSPS) is 18.6. The summed E-state index contributed by atoms with van der Waals surface area (Å²) in [5.41, 5.74) is 6.25. The van der Waals surface area contributed by atoms with E-state index in [1.54, 1.807) is 11.9 Å². The van der Waals surface area contributed by atoms with Crippen LogP contribution in [0.3, 0.4) is 0 Å². The number of amides is 1.